The Hall–Kier alpha value is -3.84. The predicted molar refractivity (Wildman–Crippen MR) is 134 cm³/mol. The second-order valence-electron chi connectivity index (χ2n) is 9.15. The van der Waals surface area contributed by atoms with Gasteiger partial charge in [0.2, 0.25) is 5.71 Å². The zero-order chi connectivity index (χ0) is 24.3. The highest BCUT2D eigenvalue weighted by molar-refractivity contribution is 5.95. The fourth-order valence-corrected chi connectivity index (χ4v) is 4.19. The number of hydrogen-bond donors (Lipinski definition) is 1. The second-order valence-corrected chi connectivity index (χ2v) is 9.15. The molecule has 5 aromatic rings. The number of nitrogens with zero attached hydrogens (tertiary/aromatic N) is 3. The first kappa shape index (κ1) is 22.9. The normalized spacial score (nSPS) is 14.9. The van der Waals surface area contributed by atoms with Gasteiger partial charge in [-0.15, -0.1) is 0 Å². The smallest absolute Gasteiger partial charge is 0.230 e. The maximum atomic E-state index is 13.3. The number of nitrogens with one attached hydrogen (secondary N) is 1. The fourth-order valence-electron chi connectivity index (χ4n) is 4.19. The summed E-state index contributed by atoms with van der Waals surface area (Å²) in [5, 5.41) is 7.93. The molecule has 1 fully saturated rings. The van der Waals surface area contributed by atoms with Crippen molar-refractivity contribution in [3.05, 3.63) is 79.0 Å². The molecular weight excluding hydrogens is 443 g/mol. The highest BCUT2D eigenvalue weighted by Crippen LogP contribution is 2.36. The number of H-pyrrole nitrogens is 1. The minimum atomic E-state index is -0.286. The first-order chi connectivity index (χ1) is 17.0. The maximum Gasteiger partial charge on any atom is 0.230 e. The Bertz CT molecular complexity index is 1400. The van der Waals surface area contributed by atoms with E-state index >= 15 is 0 Å². The number of benzene rings is 2. The van der Waals surface area contributed by atoms with Gasteiger partial charge in [0.05, 0.1) is 28.6 Å². The lowest BCUT2D eigenvalue weighted by Crippen LogP contribution is -2.28. The highest BCUT2D eigenvalue weighted by atomic mass is 19.1. The fraction of sp³-hybridized carbons (Fsp3) is 0.250. The van der Waals surface area contributed by atoms with Crippen LogP contribution >= 0.6 is 0 Å². The van der Waals surface area contributed by atoms with E-state index in [0.717, 1.165) is 40.1 Å². The molecule has 3 aromatic heterocycles. The van der Waals surface area contributed by atoms with Crippen LogP contribution in [-0.4, -0.2) is 32.4 Å². The number of aromatic nitrogens is 4. The van der Waals surface area contributed by atoms with Crippen LogP contribution in [-0.2, 0) is 4.74 Å². The Labute approximate surface area is 203 Å². The van der Waals surface area contributed by atoms with Crippen molar-refractivity contribution >= 4 is 11.1 Å². The zero-order valence-electron chi connectivity index (χ0n) is 19.8. The van der Waals surface area contributed by atoms with Crippen molar-refractivity contribution in [1.29, 1.82) is 0 Å². The Kier molecular flexibility index (Phi) is 6.42. The van der Waals surface area contributed by atoms with Gasteiger partial charge < -0.3 is 9.15 Å². The van der Waals surface area contributed by atoms with Crippen LogP contribution in [0.25, 0.3) is 44.9 Å². The molecular formula is C28H27FN4O2. The molecule has 178 valence electrons. The Morgan fingerprint density at radius 1 is 0.943 bits per heavy atom. The molecule has 1 aliphatic rings. The molecule has 0 bridgehead atoms. The van der Waals surface area contributed by atoms with E-state index in [-0.39, 0.29) is 11.4 Å². The van der Waals surface area contributed by atoms with Gasteiger partial charge in [0, 0.05) is 23.3 Å². The molecule has 0 radical (unpaired) electrons. The first-order valence-electron chi connectivity index (χ1n) is 11.7. The first-order valence-corrected chi connectivity index (χ1v) is 11.7. The summed E-state index contributed by atoms with van der Waals surface area (Å²) in [6.07, 6.45) is 7.00. The molecule has 7 heteroatoms. The van der Waals surface area contributed by atoms with Gasteiger partial charge >= 0.3 is 0 Å². The van der Waals surface area contributed by atoms with Crippen LogP contribution < -0.4 is 0 Å². The summed E-state index contributed by atoms with van der Waals surface area (Å²) in [5.41, 5.74) is 4.74. The number of rotatable bonds is 3. The number of ether oxygens (including phenoxy) is 1. The lowest BCUT2D eigenvalue weighted by molar-refractivity contribution is -0.0511. The minimum Gasteiger partial charge on any atom is -0.438 e. The van der Waals surface area contributed by atoms with E-state index in [1.54, 1.807) is 18.3 Å². The van der Waals surface area contributed by atoms with Gasteiger partial charge in [-0.1, -0.05) is 30.3 Å². The van der Waals surface area contributed by atoms with E-state index in [2.05, 4.69) is 34.0 Å². The molecule has 6 nitrogen and oxygen atoms in total. The summed E-state index contributed by atoms with van der Waals surface area (Å²) in [6, 6.07) is 18.0. The third-order valence-corrected chi connectivity index (χ3v) is 6.08. The van der Waals surface area contributed by atoms with Crippen molar-refractivity contribution in [2.75, 3.05) is 6.61 Å². The highest BCUT2D eigenvalue weighted by Gasteiger charge is 2.21. The lowest BCUT2D eigenvalue weighted by atomic mass is 9.99. The molecule has 4 heterocycles. The summed E-state index contributed by atoms with van der Waals surface area (Å²) in [6.45, 7) is 5.28. The van der Waals surface area contributed by atoms with Crippen LogP contribution in [0.1, 0.15) is 33.1 Å². The molecule has 0 atom stereocenters. The molecule has 0 amide bonds. The van der Waals surface area contributed by atoms with Crippen LogP contribution in [0.4, 0.5) is 4.39 Å². The minimum absolute atomic E-state index is 0.179. The quantitative estimate of drug-likeness (QED) is 0.306. The van der Waals surface area contributed by atoms with Crippen molar-refractivity contribution in [2.24, 2.45) is 0 Å². The molecule has 0 spiro atoms. The van der Waals surface area contributed by atoms with Crippen LogP contribution in [0, 0.1) is 5.82 Å². The van der Waals surface area contributed by atoms with Crippen molar-refractivity contribution < 1.29 is 13.5 Å². The molecule has 1 aliphatic heterocycles. The SMILES string of the molecule is CC1(C)CCCCO1.Fc1ccc(-c2[nH]ncc2-c2ncnc3oc(-c4ccccc4)cc23)cc1. The molecule has 0 aliphatic carbocycles. The summed E-state index contributed by atoms with van der Waals surface area (Å²) in [7, 11) is 0. The summed E-state index contributed by atoms with van der Waals surface area (Å²) in [4.78, 5) is 8.71. The van der Waals surface area contributed by atoms with Gasteiger partial charge in [-0.05, 0) is 63.4 Å². The average molecular weight is 471 g/mol. The lowest BCUT2D eigenvalue weighted by Gasteiger charge is -2.29. The Morgan fingerprint density at radius 3 is 2.43 bits per heavy atom. The summed E-state index contributed by atoms with van der Waals surface area (Å²) >= 11 is 0. The number of fused-ring (bicyclic) bond motifs is 1. The number of furan rings is 1. The van der Waals surface area contributed by atoms with Gasteiger partial charge in [-0.2, -0.15) is 5.10 Å². The molecule has 0 unspecified atom stereocenters. The van der Waals surface area contributed by atoms with Gasteiger partial charge in [-0.3, -0.25) is 5.10 Å². The zero-order valence-corrected chi connectivity index (χ0v) is 19.8. The standard InChI is InChI=1S/C21H13FN4O.C7H14O/c22-15-8-6-14(7-9-15)19-17(11-25-26-19)20-16-10-18(13-4-2-1-3-5-13)27-21(16)24-12-23-20;1-7(2)5-3-4-6-8-7/h1-12H,(H,25,26);3-6H2,1-2H3. The topological polar surface area (TPSA) is 76.8 Å². The number of aromatic amines is 1. The van der Waals surface area contributed by atoms with Gasteiger partial charge in [0.1, 0.15) is 17.9 Å². The van der Waals surface area contributed by atoms with E-state index in [1.165, 1.54) is 37.7 Å². The van der Waals surface area contributed by atoms with E-state index in [9.17, 15) is 4.39 Å². The number of hydrogen-bond acceptors (Lipinski definition) is 5. The Balaban J connectivity index is 0.000000271. The van der Waals surface area contributed by atoms with E-state index < -0.39 is 0 Å². The molecule has 0 saturated carbocycles. The van der Waals surface area contributed by atoms with Crippen LogP contribution in [0.2, 0.25) is 0 Å². The molecule has 2 aromatic carbocycles. The third-order valence-electron chi connectivity index (χ3n) is 6.08. The monoisotopic (exact) mass is 470 g/mol. The Morgan fingerprint density at radius 2 is 1.74 bits per heavy atom. The van der Waals surface area contributed by atoms with E-state index in [0.29, 0.717) is 11.4 Å². The average Bonchev–Trinajstić information content (AvgIpc) is 3.53. The molecule has 1 N–H and O–H groups in total. The molecule has 1 saturated heterocycles. The largest absolute Gasteiger partial charge is 0.438 e. The maximum absolute atomic E-state index is 13.3. The number of halogens is 1. The summed E-state index contributed by atoms with van der Waals surface area (Å²) in [5.74, 6) is 0.436. The van der Waals surface area contributed by atoms with Crippen molar-refractivity contribution in [3.8, 4) is 33.8 Å². The third kappa shape index (κ3) is 5.15. The predicted octanol–water partition coefficient (Wildman–Crippen LogP) is 7.05. The van der Waals surface area contributed by atoms with Crippen LogP contribution in [0.15, 0.2) is 77.6 Å². The van der Waals surface area contributed by atoms with Crippen molar-refractivity contribution in [2.45, 2.75) is 38.7 Å². The van der Waals surface area contributed by atoms with Crippen LogP contribution in [0.3, 0.4) is 0 Å². The van der Waals surface area contributed by atoms with E-state index in [1.807, 2.05) is 36.4 Å². The second kappa shape index (κ2) is 9.80. The summed E-state index contributed by atoms with van der Waals surface area (Å²) < 4.78 is 24.7. The van der Waals surface area contributed by atoms with E-state index in [4.69, 9.17) is 9.15 Å². The molecule has 35 heavy (non-hydrogen) atoms. The van der Waals surface area contributed by atoms with Gasteiger partial charge in [-0.25, -0.2) is 14.4 Å². The van der Waals surface area contributed by atoms with Gasteiger partial charge in [0.25, 0.3) is 0 Å². The molecule has 6 rings (SSSR count). The van der Waals surface area contributed by atoms with Crippen molar-refractivity contribution in [1.82, 2.24) is 20.2 Å². The van der Waals surface area contributed by atoms with Crippen molar-refractivity contribution in [3.63, 3.8) is 0 Å². The van der Waals surface area contributed by atoms with Gasteiger partial charge in [0.15, 0.2) is 0 Å². The van der Waals surface area contributed by atoms with Crippen LogP contribution in [0.5, 0.6) is 0 Å².